The van der Waals surface area contributed by atoms with Gasteiger partial charge < -0.3 is 10.2 Å². The zero-order chi connectivity index (χ0) is 21.9. The summed E-state index contributed by atoms with van der Waals surface area (Å²) in [7, 11) is 0. The van der Waals surface area contributed by atoms with Gasteiger partial charge in [-0.2, -0.15) is 5.10 Å². The van der Waals surface area contributed by atoms with Crippen LogP contribution in [0.15, 0.2) is 60.8 Å². The van der Waals surface area contributed by atoms with E-state index in [0.29, 0.717) is 42.4 Å². The minimum Gasteiger partial charge on any atom is -0.364 e. The number of nitrogens with zero attached hydrogens (tertiary/aromatic N) is 4. The van der Waals surface area contributed by atoms with Gasteiger partial charge >= 0.3 is 0 Å². The molecule has 1 amide bonds. The molecule has 0 spiro atoms. The number of carbonyl (C=O) groups is 1. The van der Waals surface area contributed by atoms with E-state index in [9.17, 15) is 9.18 Å². The zero-order valence-corrected chi connectivity index (χ0v) is 17.5. The van der Waals surface area contributed by atoms with E-state index in [2.05, 4.69) is 20.5 Å². The van der Waals surface area contributed by atoms with Crippen molar-refractivity contribution in [2.24, 2.45) is 0 Å². The number of hydrogen-bond acceptors (Lipinski definition) is 5. The van der Waals surface area contributed by atoms with Crippen molar-refractivity contribution in [3.05, 3.63) is 83.6 Å². The van der Waals surface area contributed by atoms with Crippen LogP contribution in [0.4, 0.5) is 10.2 Å². The second-order valence-corrected chi connectivity index (χ2v) is 7.93. The van der Waals surface area contributed by atoms with Crippen molar-refractivity contribution < 1.29 is 9.18 Å². The molecule has 0 aliphatic carbocycles. The number of pyridine rings is 2. The number of hydrogen-bond donors (Lipinski definition) is 2. The number of piperidine rings is 1. The van der Waals surface area contributed by atoms with Crippen LogP contribution in [0.5, 0.6) is 0 Å². The molecule has 4 heterocycles. The maximum absolute atomic E-state index is 13.9. The Kier molecular flexibility index (Phi) is 5.49. The number of likely N-dealkylation sites (tertiary alicyclic amines) is 1. The second kappa shape index (κ2) is 8.74. The summed E-state index contributed by atoms with van der Waals surface area (Å²) < 4.78 is 13.9. The summed E-state index contributed by atoms with van der Waals surface area (Å²) in [6, 6.07) is 16.1. The van der Waals surface area contributed by atoms with Gasteiger partial charge in [0.2, 0.25) is 0 Å². The fourth-order valence-corrected chi connectivity index (χ4v) is 4.13. The van der Waals surface area contributed by atoms with Crippen molar-refractivity contribution in [1.82, 2.24) is 25.1 Å². The first kappa shape index (κ1) is 20.1. The van der Waals surface area contributed by atoms with Gasteiger partial charge in [-0.05, 0) is 43.2 Å². The third kappa shape index (κ3) is 4.03. The Morgan fingerprint density at radius 1 is 1.09 bits per heavy atom. The normalized spacial score (nSPS) is 14.6. The number of rotatable bonds is 5. The summed E-state index contributed by atoms with van der Waals surface area (Å²) in [5, 5.41) is 11.3. The zero-order valence-electron chi connectivity index (χ0n) is 17.5. The van der Waals surface area contributed by atoms with Gasteiger partial charge in [0.25, 0.3) is 5.91 Å². The molecule has 1 aromatic carbocycles. The molecule has 1 fully saturated rings. The number of H-pyrrole nitrogens is 1. The number of aromatic amines is 1. The van der Waals surface area contributed by atoms with Gasteiger partial charge in [0.05, 0.1) is 5.39 Å². The molecule has 2 N–H and O–H groups in total. The van der Waals surface area contributed by atoms with Crippen LogP contribution in [-0.2, 0) is 6.54 Å². The number of fused-ring (bicyclic) bond motifs is 1. The number of anilines is 1. The average molecular weight is 430 g/mol. The van der Waals surface area contributed by atoms with E-state index >= 15 is 0 Å². The van der Waals surface area contributed by atoms with Gasteiger partial charge in [-0.1, -0.05) is 24.3 Å². The smallest absolute Gasteiger partial charge is 0.272 e. The topological polar surface area (TPSA) is 86.8 Å². The van der Waals surface area contributed by atoms with Crippen LogP contribution in [0, 0.1) is 5.82 Å². The summed E-state index contributed by atoms with van der Waals surface area (Å²) >= 11 is 0. The number of halogens is 1. The highest BCUT2D eigenvalue weighted by Crippen LogP contribution is 2.29. The van der Waals surface area contributed by atoms with Gasteiger partial charge in [-0.3, -0.25) is 14.9 Å². The second-order valence-electron chi connectivity index (χ2n) is 7.93. The molecule has 162 valence electrons. The lowest BCUT2D eigenvalue weighted by Gasteiger charge is -2.31. The minimum atomic E-state index is -0.242. The molecule has 1 aliphatic heterocycles. The van der Waals surface area contributed by atoms with E-state index in [1.165, 1.54) is 6.07 Å². The first-order chi connectivity index (χ1) is 15.7. The van der Waals surface area contributed by atoms with Gasteiger partial charge in [-0.25, -0.2) is 9.37 Å². The third-order valence-electron chi connectivity index (χ3n) is 5.93. The molecule has 32 heavy (non-hydrogen) atoms. The first-order valence-corrected chi connectivity index (χ1v) is 10.7. The lowest BCUT2D eigenvalue weighted by atomic mass is 9.92. The lowest BCUT2D eigenvalue weighted by Crippen LogP contribution is -2.38. The van der Waals surface area contributed by atoms with Gasteiger partial charge in [0.1, 0.15) is 11.5 Å². The first-order valence-electron chi connectivity index (χ1n) is 10.7. The highest BCUT2D eigenvalue weighted by molar-refractivity contribution is 5.92. The molecule has 1 aliphatic rings. The predicted molar refractivity (Wildman–Crippen MR) is 120 cm³/mol. The fraction of sp³-hybridized carbons (Fsp3) is 0.250. The van der Waals surface area contributed by atoms with E-state index in [1.807, 2.05) is 29.2 Å². The maximum atomic E-state index is 13.9. The Bertz CT molecular complexity index is 1230. The van der Waals surface area contributed by atoms with Crippen molar-refractivity contribution in [3.63, 3.8) is 0 Å². The van der Waals surface area contributed by atoms with Crippen molar-refractivity contribution in [3.8, 4) is 0 Å². The molecule has 0 radical (unpaired) electrons. The van der Waals surface area contributed by atoms with Crippen LogP contribution in [0.2, 0.25) is 0 Å². The molecule has 7 nitrogen and oxygen atoms in total. The summed E-state index contributed by atoms with van der Waals surface area (Å²) in [5.74, 6) is 0.670. The van der Waals surface area contributed by atoms with Crippen LogP contribution in [-0.4, -0.2) is 44.1 Å². The Balaban J connectivity index is 1.24. The number of amides is 1. The van der Waals surface area contributed by atoms with E-state index in [0.717, 1.165) is 23.9 Å². The molecule has 3 aromatic heterocycles. The predicted octanol–water partition coefficient (Wildman–Crippen LogP) is 4.12. The highest BCUT2D eigenvalue weighted by Gasteiger charge is 2.26. The van der Waals surface area contributed by atoms with Gasteiger partial charge in [-0.15, -0.1) is 0 Å². The van der Waals surface area contributed by atoms with Crippen LogP contribution in [0.3, 0.4) is 0 Å². The largest absolute Gasteiger partial charge is 0.364 e. The Morgan fingerprint density at radius 3 is 2.69 bits per heavy atom. The summed E-state index contributed by atoms with van der Waals surface area (Å²) in [5.41, 5.74) is 2.76. The Hall–Kier alpha value is -3.81. The summed E-state index contributed by atoms with van der Waals surface area (Å²) in [6.45, 7) is 1.70. The van der Waals surface area contributed by atoms with E-state index in [-0.39, 0.29) is 17.6 Å². The molecule has 0 atom stereocenters. The number of benzene rings is 1. The molecular weight excluding hydrogens is 407 g/mol. The van der Waals surface area contributed by atoms with Gasteiger partial charge in [0, 0.05) is 43.0 Å². The van der Waals surface area contributed by atoms with E-state index < -0.39 is 0 Å². The molecule has 4 aromatic rings. The Morgan fingerprint density at radius 2 is 1.91 bits per heavy atom. The number of carbonyl (C=O) groups excluding carboxylic acids is 1. The molecule has 5 rings (SSSR count). The van der Waals surface area contributed by atoms with Crippen LogP contribution in [0.25, 0.3) is 11.0 Å². The van der Waals surface area contributed by atoms with E-state index in [4.69, 9.17) is 4.98 Å². The van der Waals surface area contributed by atoms with Crippen molar-refractivity contribution in [2.75, 3.05) is 18.4 Å². The molecular formula is C24H23FN6O. The summed E-state index contributed by atoms with van der Waals surface area (Å²) in [4.78, 5) is 23.4. The molecule has 0 bridgehead atoms. The lowest BCUT2D eigenvalue weighted by molar-refractivity contribution is 0.0706. The SMILES string of the molecule is O=C(c1ccccn1)N1CCC(c2ccc3c(NCc4ccccc4F)n[nH]c3n2)CC1. The number of nitrogens with one attached hydrogen (secondary N) is 2. The van der Waals surface area contributed by atoms with Crippen LogP contribution in [0.1, 0.15) is 40.5 Å². The molecule has 0 saturated carbocycles. The average Bonchev–Trinajstić information content (AvgIpc) is 3.26. The molecule has 1 saturated heterocycles. The molecule has 8 heteroatoms. The quantitative estimate of drug-likeness (QED) is 0.497. The maximum Gasteiger partial charge on any atom is 0.272 e. The molecule has 0 unspecified atom stereocenters. The Labute approximate surface area is 184 Å². The van der Waals surface area contributed by atoms with E-state index in [1.54, 1.807) is 30.5 Å². The summed E-state index contributed by atoms with van der Waals surface area (Å²) in [6.07, 6.45) is 3.34. The van der Waals surface area contributed by atoms with Crippen LogP contribution >= 0.6 is 0 Å². The third-order valence-corrected chi connectivity index (χ3v) is 5.93. The van der Waals surface area contributed by atoms with Crippen molar-refractivity contribution in [2.45, 2.75) is 25.3 Å². The standard InChI is InChI=1S/C24H23FN6O/c25-19-6-2-1-5-17(19)15-27-22-18-8-9-20(28-23(18)30-29-22)16-10-13-31(14-11-16)24(32)21-7-3-4-12-26-21/h1-9,12,16H,10-11,13-15H2,(H2,27,28,29,30). The number of aromatic nitrogens is 4. The van der Waals surface area contributed by atoms with Crippen LogP contribution < -0.4 is 5.32 Å². The fourth-order valence-electron chi connectivity index (χ4n) is 4.13. The van der Waals surface area contributed by atoms with Gasteiger partial charge in [0.15, 0.2) is 11.5 Å². The monoisotopic (exact) mass is 430 g/mol. The minimum absolute atomic E-state index is 0.0217. The van der Waals surface area contributed by atoms with Crippen molar-refractivity contribution in [1.29, 1.82) is 0 Å². The van der Waals surface area contributed by atoms with Crippen molar-refractivity contribution >= 4 is 22.8 Å². The highest BCUT2D eigenvalue weighted by atomic mass is 19.1.